The smallest absolute Gasteiger partial charge is 0.242 e. The molecular weight excluding hydrogens is 464 g/mol. The summed E-state index contributed by atoms with van der Waals surface area (Å²) >= 11 is 0. The van der Waals surface area contributed by atoms with Gasteiger partial charge in [0.1, 0.15) is 6.04 Å². The fourth-order valence-electron chi connectivity index (χ4n) is 4.74. The van der Waals surface area contributed by atoms with Crippen LogP contribution < -0.4 is 11.1 Å². The lowest BCUT2D eigenvalue weighted by Crippen LogP contribution is -2.53. The number of aromatic amines is 1. The van der Waals surface area contributed by atoms with Gasteiger partial charge in [0, 0.05) is 36.0 Å². The van der Waals surface area contributed by atoms with Gasteiger partial charge >= 0.3 is 0 Å². The number of hydrogen-bond acceptors (Lipinski definition) is 6. The molecule has 10 nitrogen and oxygen atoms in total. The first kappa shape index (κ1) is 27.3. The molecule has 1 aliphatic rings. The maximum atomic E-state index is 13.4. The van der Waals surface area contributed by atoms with Crippen molar-refractivity contribution in [1.82, 2.24) is 15.2 Å². The summed E-state index contributed by atoms with van der Waals surface area (Å²) in [6.07, 6.45) is 0.911. The van der Waals surface area contributed by atoms with E-state index < -0.39 is 47.9 Å². The maximum Gasteiger partial charge on any atom is 0.242 e. The minimum Gasteiger partial charge on any atom is -0.393 e. The second-order valence-corrected chi connectivity index (χ2v) is 9.78. The van der Waals surface area contributed by atoms with Crippen molar-refractivity contribution in [1.29, 1.82) is 0 Å². The van der Waals surface area contributed by atoms with Crippen molar-refractivity contribution >= 4 is 34.4 Å². The Balaban J connectivity index is 1.84. The van der Waals surface area contributed by atoms with Crippen LogP contribution in [0.15, 0.2) is 30.5 Å². The molecule has 10 heteroatoms. The topological polar surface area (TPSA) is 166 Å². The summed E-state index contributed by atoms with van der Waals surface area (Å²) in [4.78, 5) is 56.0. The molecule has 6 atom stereocenters. The number of carbonyl (C=O) groups is 4. The number of H-pyrrole nitrogens is 1. The lowest BCUT2D eigenvalue weighted by molar-refractivity contribution is -0.143. The van der Waals surface area contributed by atoms with Gasteiger partial charge in [-0.25, -0.2) is 0 Å². The van der Waals surface area contributed by atoms with Crippen molar-refractivity contribution in [3.63, 3.8) is 0 Å². The molecular formula is C26H36N4O6. The Labute approximate surface area is 210 Å². The Bertz CT molecular complexity index is 1110. The summed E-state index contributed by atoms with van der Waals surface area (Å²) in [6, 6.07) is 5.60. The van der Waals surface area contributed by atoms with E-state index in [2.05, 4.69) is 10.3 Å². The van der Waals surface area contributed by atoms with E-state index in [-0.39, 0.29) is 24.5 Å². The summed E-state index contributed by atoms with van der Waals surface area (Å²) in [5, 5.41) is 23.2. The third-order valence-corrected chi connectivity index (χ3v) is 7.07. The first-order valence-electron chi connectivity index (χ1n) is 12.3. The van der Waals surface area contributed by atoms with Gasteiger partial charge in [0.2, 0.25) is 17.7 Å². The molecule has 2 aromatic rings. The number of Topliss-reactive ketones (excluding diaryl/α,β-unsaturated/α-hetero) is 1. The molecule has 1 aromatic carbocycles. The molecule has 1 aliphatic heterocycles. The molecule has 3 rings (SSSR count). The standard InChI is InChI=1S/C26H36N4O6/c1-14(15(2)31)26(36)30-10-6-9-21(30)22(33)12-17(25(35)29-23(16(3)32)24(27)34)11-18-13-28-20-8-5-4-7-19(18)20/h4-5,7-8,13-17,21,23,28,31-32H,6,9-12H2,1-3H3,(H2,27,34)(H,29,35)/t14-,15+,16+,17+,21-,23-/m0/s1. The molecule has 1 fully saturated rings. The monoisotopic (exact) mass is 500 g/mol. The highest BCUT2D eigenvalue weighted by molar-refractivity contribution is 5.95. The molecule has 36 heavy (non-hydrogen) atoms. The van der Waals surface area contributed by atoms with E-state index in [0.717, 1.165) is 16.5 Å². The van der Waals surface area contributed by atoms with E-state index in [0.29, 0.717) is 19.4 Å². The highest BCUT2D eigenvalue weighted by Gasteiger charge is 2.39. The van der Waals surface area contributed by atoms with E-state index >= 15 is 0 Å². The van der Waals surface area contributed by atoms with E-state index in [9.17, 15) is 29.4 Å². The van der Waals surface area contributed by atoms with Crippen LogP contribution in [0.2, 0.25) is 0 Å². The lowest BCUT2D eigenvalue weighted by atomic mass is 9.90. The van der Waals surface area contributed by atoms with Crippen LogP contribution in [-0.4, -0.2) is 74.4 Å². The van der Waals surface area contributed by atoms with Gasteiger partial charge < -0.3 is 31.1 Å². The van der Waals surface area contributed by atoms with E-state index in [1.54, 1.807) is 13.1 Å². The van der Waals surface area contributed by atoms with Crippen molar-refractivity contribution in [3.8, 4) is 0 Å². The highest BCUT2D eigenvalue weighted by Crippen LogP contribution is 2.27. The number of primary amides is 1. The number of nitrogens with one attached hydrogen (secondary N) is 2. The average molecular weight is 501 g/mol. The highest BCUT2D eigenvalue weighted by atomic mass is 16.3. The molecule has 1 aromatic heterocycles. The Morgan fingerprint density at radius 3 is 2.47 bits per heavy atom. The Morgan fingerprint density at radius 1 is 1.14 bits per heavy atom. The quantitative estimate of drug-likeness (QED) is 0.304. The number of likely N-dealkylation sites (tertiary alicyclic amines) is 1. The van der Waals surface area contributed by atoms with Crippen LogP contribution in [-0.2, 0) is 25.6 Å². The molecule has 1 saturated heterocycles. The number of amides is 3. The largest absolute Gasteiger partial charge is 0.393 e. The van der Waals surface area contributed by atoms with E-state index in [1.165, 1.54) is 18.7 Å². The third kappa shape index (κ3) is 6.11. The number of carbonyl (C=O) groups excluding carboxylic acids is 4. The fraction of sp³-hybridized carbons (Fsp3) is 0.538. The van der Waals surface area contributed by atoms with Gasteiger partial charge in [0.25, 0.3) is 0 Å². The molecule has 0 unspecified atom stereocenters. The molecule has 2 heterocycles. The number of hydrogen-bond donors (Lipinski definition) is 5. The number of ketones is 1. The fourth-order valence-corrected chi connectivity index (χ4v) is 4.74. The number of rotatable bonds is 11. The molecule has 3 amide bonds. The number of aromatic nitrogens is 1. The van der Waals surface area contributed by atoms with Crippen LogP contribution >= 0.6 is 0 Å². The van der Waals surface area contributed by atoms with E-state index in [4.69, 9.17) is 5.73 Å². The van der Waals surface area contributed by atoms with Crippen molar-refractivity contribution in [2.75, 3.05) is 6.54 Å². The molecule has 0 aliphatic carbocycles. The third-order valence-electron chi connectivity index (χ3n) is 7.07. The van der Waals surface area contributed by atoms with Crippen molar-refractivity contribution in [2.24, 2.45) is 17.6 Å². The molecule has 6 N–H and O–H groups in total. The van der Waals surface area contributed by atoms with Gasteiger partial charge in [-0.15, -0.1) is 0 Å². The van der Waals surface area contributed by atoms with Crippen LogP contribution in [0.5, 0.6) is 0 Å². The van der Waals surface area contributed by atoms with Gasteiger partial charge in [0.05, 0.1) is 24.2 Å². The van der Waals surface area contributed by atoms with Crippen LogP contribution in [0, 0.1) is 11.8 Å². The van der Waals surface area contributed by atoms with Crippen LogP contribution in [0.1, 0.15) is 45.6 Å². The number of aliphatic hydroxyl groups is 2. The SMILES string of the molecule is C[C@H](C(=O)N1CCC[C@H]1C(=O)C[C@@H](Cc1c[nH]c2ccccc12)C(=O)N[C@H](C(N)=O)[C@@H](C)O)[C@@H](C)O. The number of fused-ring (bicyclic) bond motifs is 1. The van der Waals surface area contributed by atoms with E-state index in [1.807, 2.05) is 24.3 Å². The number of para-hydroxylation sites is 1. The first-order valence-corrected chi connectivity index (χ1v) is 12.3. The van der Waals surface area contributed by atoms with Crippen LogP contribution in [0.25, 0.3) is 10.9 Å². The van der Waals surface area contributed by atoms with Crippen LogP contribution in [0.3, 0.4) is 0 Å². The summed E-state index contributed by atoms with van der Waals surface area (Å²) in [7, 11) is 0. The summed E-state index contributed by atoms with van der Waals surface area (Å²) in [5.74, 6) is -3.51. The minimum absolute atomic E-state index is 0.159. The Morgan fingerprint density at radius 2 is 1.83 bits per heavy atom. The number of nitrogens with two attached hydrogens (primary N) is 1. The number of benzene rings is 1. The summed E-state index contributed by atoms with van der Waals surface area (Å²) < 4.78 is 0. The minimum atomic E-state index is -1.30. The first-order chi connectivity index (χ1) is 17.0. The lowest BCUT2D eigenvalue weighted by Gasteiger charge is -2.29. The second-order valence-electron chi connectivity index (χ2n) is 9.78. The predicted octanol–water partition coefficient (Wildman–Crippen LogP) is 0.645. The zero-order valence-corrected chi connectivity index (χ0v) is 20.9. The number of nitrogens with zero attached hydrogens (tertiary/aromatic N) is 1. The van der Waals surface area contributed by atoms with Crippen molar-refractivity contribution in [2.45, 2.75) is 70.7 Å². The second kappa shape index (κ2) is 11.7. The molecule has 196 valence electrons. The van der Waals surface area contributed by atoms with Crippen molar-refractivity contribution < 1.29 is 29.4 Å². The Hall–Kier alpha value is -3.24. The number of aliphatic hydroxyl groups excluding tert-OH is 2. The molecule has 0 radical (unpaired) electrons. The van der Waals surface area contributed by atoms with Gasteiger partial charge in [-0.3, -0.25) is 19.2 Å². The normalized spacial score (nSPS) is 19.9. The predicted molar refractivity (Wildman–Crippen MR) is 134 cm³/mol. The summed E-state index contributed by atoms with van der Waals surface area (Å²) in [5.41, 5.74) is 7.06. The molecule has 0 spiro atoms. The van der Waals surface area contributed by atoms with Gasteiger partial charge in [-0.2, -0.15) is 0 Å². The zero-order chi connectivity index (χ0) is 26.6. The van der Waals surface area contributed by atoms with Crippen LogP contribution in [0.4, 0.5) is 0 Å². The maximum absolute atomic E-state index is 13.4. The van der Waals surface area contributed by atoms with Crippen molar-refractivity contribution in [3.05, 3.63) is 36.0 Å². The summed E-state index contributed by atoms with van der Waals surface area (Å²) in [6.45, 7) is 4.92. The van der Waals surface area contributed by atoms with Gasteiger partial charge in [0.15, 0.2) is 5.78 Å². The Kier molecular flexibility index (Phi) is 8.86. The molecule has 0 bridgehead atoms. The zero-order valence-electron chi connectivity index (χ0n) is 20.9. The average Bonchev–Trinajstić information content (AvgIpc) is 3.48. The molecule has 0 saturated carbocycles. The van der Waals surface area contributed by atoms with Gasteiger partial charge in [-0.05, 0) is 44.7 Å². The van der Waals surface area contributed by atoms with Gasteiger partial charge in [-0.1, -0.05) is 25.1 Å².